The Morgan fingerprint density at radius 1 is 1.47 bits per heavy atom. The van der Waals surface area contributed by atoms with Gasteiger partial charge < -0.3 is 10.5 Å². The molecule has 1 saturated heterocycles. The second-order valence-corrected chi connectivity index (χ2v) is 6.08. The van der Waals surface area contributed by atoms with Crippen molar-refractivity contribution in [2.45, 2.75) is 32.2 Å². The van der Waals surface area contributed by atoms with Gasteiger partial charge in [0.2, 0.25) is 0 Å². The van der Waals surface area contributed by atoms with Gasteiger partial charge >= 0.3 is 0 Å². The summed E-state index contributed by atoms with van der Waals surface area (Å²) in [6, 6.07) is 7.66. The van der Waals surface area contributed by atoms with Crippen LogP contribution in [-0.4, -0.2) is 35.1 Å². The number of likely N-dealkylation sites (tertiary alicyclic amines) is 1. The van der Waals surface area contributed by atoms with Gasteiger partial charge in [-0.1, -0.05) is 24.4 Å². The van der Waals surface area contributed by atoms with Gasteiger partial charge in [0.1, 0.15) is 17.3 Å². The van der Waals surface area contributed by atoms with E-state index >= 15 is 0 Å². The zero-order chi connectivity index (χ0) is 13.9. The van der Waals surface area contributed by atoms with Crippen LogP contribution in [0.3, 0.4) is 0 Å². The van der Waals surface area contributed by atoms with E-state index in [-0.39, 0.29) is 0 Å². The average Bonchev–Trinajstić information content (AvgIpc) is 2.69. The Hall–Kier alpha value is -1.13. The zero-order valence-corrected chi connectivity index (χ0v) is 12.5. The lowest BCUT2D eigenvalue weighted by Crippen LogP contribution is -2.40. The van der Waals surface area contributed by atoms with Crippen molar-refractivity contribution < 1.29 is 4.74 Å². The Balaban J connectivity index is 1.86. The highest BCUT2D eigenvalue weighted by Crippen LogP contribution is 2.27. The average molecular weight is 278 g/mol. The SMILES string of the molecule is CC1(C)CCCN1CCOc1cccc(C(N)=S)c1. The van der Waals surface area contributed by atoms with Crippen LogP contribution in [0.15, 0.2) is 24.3 Å². The minimum Gasteiger partial charge on any atom is -0.492 e. The molecule has 1 aliphatic heterocycles. The van der Waals surface area contributed by atoms with E-state index in [1.807, 2.05) is 24.3 Å². The minimum absolute atomic E-state index is 0.310. The molecule has 0 amide bonds. The van der Waals surface area contributed by atoms with Crippen LogP contribution in [0.1, 0.15) is 32.3 Å². The summed E-state index contributed by atoms with van der Waals surface area (Å²) in [5.41, 5.74) is 6.78. The normalized spacial score (nSPS) is 18.4. The van der Waals surface area contributed by atoms with Gasteiger partial charge in [0, 0.05) is 17.6 Å². The summed E-state index contributed by atoms with van der Waals surface area (Å²) >= 11 is 4.97. The van der Waals surface area contributed by atoms with E-state index < -0.39 is 0 Å². The lowest BCUT2D eigenvalue weighted by Gasteiger charge is -2.31. The molecule has 1 fully saturated rings. The summed E-state index contributed by atoms with van der Waals surface area (Å²) in [6.45, 7) is 7.43. The smallest absolute Gasteiger partial charge is 0.120 e. The fourth-order valence-electron chi connectivity index (χ4n) is 2.59. The topological polar surface area (TPSA) is 38.5 Å². The van der Waals surface area contributed by atoms with Crippen molar-refractivity contribution in [3.8, 4) is 5.75 Å². The summed E-state index contributed by atoms with van der Waals surface area (Å²) in [5, 5.41) is 0. The quantitative estimate of drug-likeness (QED) is 0.840. The molecule has 0 unspecified atom stereocenters. The molecule has 1 aromatic carbocycles. The number of benzene rings is 1. The molecule has 0 atom stereocenters. The third kappa shape index (κ3) is 3.67. The molecular formula is C15H22N2OS. The first-order valence-electron chi connectivity index (χ1n) is 6.77. The number of ether oxygens (including phenoxy) is 1. The molecule has 1 aromatic rings. The third-order valence-electron chi connectivity index (χ3n) is 3.82. The lowest BCUT2D eigenvalue weighted by molar-refractivity contribution is 0.143. The van der Waals surface area contributed by atoms with Crippen molar-refractivity contribution in [2.75, 3.05) is 19.7 Å². The van der Waals surface area contributed by atoms with Crippen LogP contribution >= 0.6 is 12.2 Å². The number of hydrogen-bond acceptors (Lipinski definition) is 3. The summed E-state index contributed by atoms with van der Waals surface area (Å²) in [6.07, 6.45) is 2.55. The number of thiocarbonyl (C=S) groups is 1. The Labute approximate surface area is 120 Å². The minimum atomic E-state index is 0.310. The second kappa shape index (κ2) is 5.88. The van der Waals surface area contributed by atoms with Gasteiger partial charge in [-0.3, -0.25) is 4.90 Å². The first-order valence-corrected chi connectivity index (χ1v) is 7.17. The third-order valence-corrected chi connectivity index (χ3v) is 4.06. The molecule has 2 N–H and O–H groups in total. The second-order valence-electron chi connectivity index (χ2n) is 5.64. The van der Waals surface area contributed by atoms with E-state index in [2.05, 4.69) is 18.7 Å². The van der Waals surface area contributed by atoms with Crippen LogP contribution < -0.4 is 10.5 Å². The number of nitrogens with two attached hydrogens (primary N) is 1. The van der Waals surface area contributed by atoms with Crippen LogP contribution in [0.4, 0.5) is 0 Å². The van der Waals surface area contributed by atoms with Crippen LogP contribution in [0.2, 0.25) is 0 Å². The summed E-state index contributed by atoms with van der Waals surface area (Å²) in [4.78, 5) is 2.90. The zero-order valence-electron chi connectivity index (χ0n) is 11.7. The first-order chi connectivity index (χ1) is 8.99. The van der Waals surface area contributed by atoms with Crippen molar-refractivity contribution in [3.63, 3.8) is 0 Å². The Kier molecular flexibility index (Phi) is 4.42. The van der Waals surface area contributed by atoms with Gasteiger partial charge in [0.25, 0.3) is 0 Å². The molecule has 19 heavy (non-hydrogen) atoms. The van der Waals surface area contributed by atoms with E-state index in [1.165, 1.54) is 19.4 Å². The van der Waals surface area contributed by atoms with E-state index in [1.54, 1.807) is 0 Å². The Bertz CT molecular complexity index is 459. The maximum absolute atomic E-state index is 5.80. The molecule has 4 heteroatoms. The largest absolute Gasteiger partial charge is 0.492 e. The van der Waals surface area contributed by atoms with E-state index in [0.29, 0.717) is 17.1 Å². The van der Waals surface area contributed by atoms with Gasteiger partial charge in [0.15, 0.2) is 0 Å². The number of hydrogen-bond donors (Lipinski definition) is 1. The molecule has 0 spiro atoms. The summed E-state index contributed by atoms with van der Waals surface area (Å²) in [5.74, 6) is 0.835. The highest BCUT2D eigenvalue weighted by atomic mass is 32.1. The Morgan fingerprint density at radius 2 is 2.26 bits per heavy atom. The van der Waals surface area contributed by atoms with E-state index in [0.717, 1.165) is 17.9 Å². The molecule has 1 aliphatic rings. The van der Waals surface area contributed by atoms with Gasteiger partial charge in [-0.05, 0) is 45.4 Å². The molecule has 0 aromatic heterocycles. The maximum atomic E-state index is 5.80. The van der Waals surface area contributed by atoms with Crippen molar-refractivity contribution in [3.05, 3.63) is 29.8 Å². The standard InChI is InChI=1S/C15H22N2OS/c1-15(2)7-4-8-17(15)9-10-18-13-6-3-5-12(11-13)14(16)19/h3,5-6,11H,4,7-10H2,1-2H3,(H2,16,19). The predicted molar refractivity (Wildman–Crippen MR) is 82.7 cm³/mol. The fourth-order valence-corrected chi connectivity index (χ4v) is 2.72. The highest BCUT2D eigenvalue weighted by Gasteiger charge is 2.31. The first kappa shape index (κ1) is 14.3. The molecule has 3 nitrogen and oxygen atoms in total. The van der Waals surface area contributed by atoms with E-state index in [9.17, 15) is 0 Å². The van der Waals surface area contributed by atoms with Gasteiger partial charge in [-0.25, -0.2) is 0 Å². The highest BCUT2D eigenvalue weighted by molar-refractivity contribution is 7.80. The van der Waals surface area contributed by atoms with Crippen LogP contribution in [0.25, 0.3) is 0 Å². The molecule has 1 heterocycles. The van der Waals surface area contributed by atoms with Crippen LogP contribution in [0.5, 0.6) is 5.75 Å². The van der Waals surface area contributed by atoms with Crippen molar-refractivity contribution in [1.29, 1.82) is 0 Å². The lowest BCUT2D eigenvalue weighted by atomic mass is 10.0. The maximum Gasteiger partial charge on any atom is 0.120 e. The van der Waals surface area contributed by atoms with E-state index in [4.69, 9.17) is 22.7 Å². The molecular weight excluding hydrogens is 256 g/mol. The van der Waals surface area contributed by atoms with Gasteiger partial charge in [0.05, 0.1) is 0 Å². The van der Waals surface area contributed by atoms with Crippen LogP contribution in [0, 0.1) is 0 Å². The molecule has 0 aliphatic carbocycles. The number of nitrogens with zero attached hydrogens (tertiary/aromatic N) is 1. The Morgan fingerprint density at radius 3 is 2.89 bits per heavy atom. The monoisotopic (exact) mass is 278 g/mol. The van der Waals surface area contributed by atoms with Crippen molar-refractivity contribution in [2.24, 2.45) is 5.73 Å². The summed E-state index contributed by atoms with van der Waals surface area (Å²) in [7, 11) is 0. The van der Waals surface area contributed by atoms with Crippen molar-refractivity contribution >= 4 is 17.2 Å². The predicted octanol–water partition coefficient (Wildman–Crippen LogP) is 2.57. The molecule has 0 radical (unpaired) electrons. The fraction of sp³-hybridized carbons (Fsp3) is 0.533. The van der Waals surface area contributed by atoms with Gasteiger partial charge in [-0.2, -0.15) is 0 Å². The van der Waals surface area contributed by atoms with Crippen molar-refractivity contribution in [1.82, 2.24) is 4.90 Å². The molecule has 2 rings (SSSR count). The molecule has 0 saturated carbocycles. The molecule has 0 bridgehead atoms. The summed E-state index contributed by atoms with van der Waals surface area (Å²) < 4.78 is 5.80. The number of rotatable bonds is 5. The van der Waals surface area contributed by atoms with Gasteiger partial charge in [-0.15, -0.1) is 0 Å². The van der Waals surface area contributed by atoms with Crippen LogP contribution in [-0.2, 0) is 0 Å². The molecule has 104 valence electrons.